The van der Waals surface area contributed by atoms with Gasteiger partial charge in [-0.3, -0.25) is 0 Å². The molecular formula is C10H17N3. The van der Waals surface area contributed by atoms with E-state index in [9.17, 15) is 0 Å². The number of nitriles is 1. The minimum atomic E-state index is 0.743. The Hall–Kier alpha value is -0.750. The average Bonchev–Trinajstić information content (AvgIpc) is 2.18. The molecule has 2 aliphatic rings. The number of hydrogen-bond donors (Lipinski definition) is 0. The molecule has 0 radical (unpaired) electrons. The van der Waals surface area contributed by atoms with E-state index in [1.165, 1.54) is 25.8 Å². The third-order valence-corrected chi connectivity index (χ3v) is 3.49. The summed E-state index contributed by atoms with van der Waals surface area (Å²) in [6.45, 7) is 3.20. The molecule has 2 atom stereocenters. The Balaban J connectivity index is 2.00. The molecule has 72 valence electrons. The van der Waals surface area contributed by atoms with Crippen LogP contribution in [0.25, 0.3) is 0 Å². The lowest BCUT2D eigenvalue weighted by molar-refractivity contribution is 0.0591. The third kappa shape index (κ3) is 1.64. The quantitative estimate of drug-likeness (QED) is 0.517. The van der Waals surface area contributed by atoms with Gasteiger partial charge in [-0.15, -0.1) is 0 Å². The summed E-state index contributed by atoms with van der Waals surface area (Å²) in [6, 6.07) is 0.748. The second-order valence-corrected chi connectivity index (χ2v) is 4.28. The van der Waals surface area contributed by atoms with Gasteiger partial charge in [0.05, 0.1) is 0 Å². The topological polar surface area (TPSA) is 30.3 Å². The van der Waals surface area contributed by atoms with Crippen molar-refractivity contribution >= 4 is 0 Å². The second kappa shape index (κ2) is 3.55. The van der Waals surface area contributed by atoms with Gasteiger partial charge in [-0.1, -0.05) is 0 Å². The monoisotopic (exact) mass is 179 g/mol. The van der Waals surface area contributed by atoms with Gasteiger partial charge in [-0.25, -0.2) is 0 Å². The zero-order chi connectivity index (χ0) is 9.26. The molecule has 0 aromatic rings. The molecule has 0 N–H and O–H groups in total. The highest BCUT2D eigenvalue weighted by molar-refractivity contribution is 4.92. The summed E-state index contributed by atoms with van der Waals surface area (Å²) in [5, 5.41) is 8.81. The predicted molar refractivity (Wildman–Crippen MR) is 50.9 cm³/mol. The zero-order valence-electron chi connectivity index (χ0n) is 8.24. The summed E-state index contributed by atoms with van der Waals surface area (Å²) in [7, 11) is 2.22. The van der Waals surface area contributed by atoms with Crippen LogP contribution in [-0.4, -0.2) is 42.5 Å². The fraction of sp³-hybridized carbons (Fsp3) is 0.900. The first kappa shape index (κ1) is 8.83. The molecule has 0 saturated carbocycles. The normalized spacial score (nSPS) is 35.2. The zero-order valence-corrected chi connectivity index (χ0v) is 8.24. The van der Waals surface area contributed by atoms with Crippen molar-refractivity contribution in [2.24, 2.45) is 5.92 Å². The largest absolute Gasteiger partial charge is 0.310 e. The van der Waals surface area contributed by atoms with E-state index in [2.05, 4.69) is 18.1 Å². The number of piperidine rings is 2. The lowest BCUT2D eigenvalue weighted by Gasteiger charge is -2.44. The van der Waals surface area contributed by atoms with Crippen LogP contribution >= 0.6 is 0 Å². The Kier molecular flexibility index (Phi) is 2.41. The number of hydrogen-bond acceptors (Lipinski definition) is 3. The van der Waals surface area contributed by atoms with Gasteiger partial charge >= 0.3 is 0 Å². The maximum absolute atomic E-state index is 8.81. The molecule has 0 aliphatic carbocycles. The van der Waals surface area contributed by atoms with Gasteiger partial charge in [0.25, 0.3) is 0 Å². The van der Waals surface area contributed by atoms with Crippen LogP contribution in [-0.2, 0) is 0 Å². The Morgan fingerprint density at radius 2 is 2.15 bits per heavy atom. The van der Waals surface area contributed by atoms with Gasteiger partial charge in [-0.2, -0.15) is 5.26 Å². The van der Waals surface area contributed by atoms with Crippen LogP contribution in [0.1, 0.15) is 19.3 Å². The van der Waals surface area contributed by atoms with Crippen molar-refractivity contribution in [3.8, 4) is 6.19 Å². The molecule has 2 unspecified atom stereocenters. The fourth-order valence-electron chi connectivity index (χ4n) is 2.74. The molecule has 0 amide bonds. The van der Waals surface area contributed by atoms with E-state index in [0.717, 1.165) is 25.0 Å². The Labute approximate surface area is 79.9 Å². The van der Waals surface area contributed by atoms with Gasteiger partial charge in [0.1, 0.15) is 0 Å². The maximum Gasteiger partial charge on any atom is 0.179 e. The molecule has 13 heavy (non-hydrogen) atoms. The van der Waals surface area contributed by atoms with Crippen LogP contribution in [0.4, 0.5) is 0 Å². The molecule has 2 fully saturated rings. The van der Waals surface area contributed by atoms with Crippen molar-refractivity contribution in [3.63, 3.8) is 0 Å². The van der Waals surface area contributed by atoms with E-state index in [-0.39, 0.29) is 0 Å². The first-order valence-electron chi connectivity index (χ1n) is 5.16. The average molecular weight is 179 g/mol. The summed E-state index contributed by atoms with van der Waals surface area (Å²) in [4.78, 5) is 4.39. The SMILES string of the molecule is CN1CCCC2CN(C#N)CCC21. The fourth-order valence-corrected chi connectivity index (χ4v) is 2.74. The predicted octanol–water partition coefficient (Wildman–Crippen LogP) is 0.884. The molecule has 3 heteroatoms. The summed E-state index contributed by atoms with van der Waals surface area (Å²) < 4.78 is 0. The minimum Gasteiger partial charge on any atom is -0.310 e. The number of nitrogens with zero attached hydrogens (tertiary/aromatic N) is 3. The highest BCUT2D eigenvalue weighted by atomic mass is 15.2. The second-order valence-electron chi connectivity index (χ2n) is 4.28. The van der Waals surface area contributed by atoms with Crippen molar-refractivity contribution in [1.29, 1.82) is 5.26 Å². The molecule has 0 spiro atoms. The van der Waals surface area contributed by atoms with Gasteiger partial charge in [0.2, 0.25) is 0 Å². The summed E-state index contributed by atoms with van der Waals surface area (Å²) in [6.07, 6.45) is 6.06. The highest BCUT2D eigenvalue weighted by Crippen LogP contribution is 2.28. The highest BCUT2D eigenvalue weighted by Gasteiger charge is 2.33. The van der Waals surface area contributed by atoms with Crippen LogP contribution in [0.5, 0.6) is 0 Å². The molecular weight excluding hydrogens is 162 g/mol. The van der Waals surface area contributed by atoms with E-state index in [0.29, 0.717) is 0 Å². The lowest BCUT2D eigenvalue weighted by Crippen LogP contribution is -2.51. The van der Waals surface area contributed by atoms with Crippen molar-refractivity contribution in [3.05, 3.63) is 0 Å². The van der Waals surface area contributed by atoms with Crippen molar-refractivity contribution < 1.29 is 0 Å². The number of fused-ring (bicyclic) bond motifs is 1. The minimum absolute atomic E-state index is 0.743. The molecule has 2 rings (SSSR count). The Bertz CT molecular complexity index is 221. The lowest BCUT2D eigenvalue weighted by atomic mass is 9.84. The van der Waals surface area contributed by atoms with Crippen LogP contribution < -0.4 is 0 Å². The molecule has 2 saturated heterocycles. The molecule has 3 nitrogen and oxygen atoms in total. The van der Waals surface area contributed by atoms with Gasteiger partial charge < -0.3 is 9.80 Å². The Morgan fingerprint density at radius 3 is 2.92 bits per heavy atom. The van der Waals surface area contributed by atoms with Crippen molar-refractivity contribution in [1.82, 2.24) is 9.80 Å². The molecule has 2 heterocycles. The summed E-state index contributed by atoms with van der Waals surface area (Å²) in [5.74, 6) is 0.743. The van der Waals surface area contributed by atoms with E-state index >= 15 is 0 Å². The van der Waals surface area contributed by atoms with E-state index in [1.54, 1.807) is 0 Å². The first-order chi connectivity index (χ1) is 6.31. The first-order valence-corrected chi connectivity index (χ1v) is 5.16. The van der Waals surface area contributed by atoms with Gasteiger partial charge in [-0.05, 0) is 38.8 Å². The molecule has 2 aliphatic heterocycles. The van der Waals surface area contributed by atoms with Crippen LogP contribution in [0.3, 0.4) is 0 Å². The van der Waals surface area contributed by atoms with Crippen molar-refractivity contribution in [2.45, 2.75) is 25.3 Å². The smallest absolute Gasteiger partial charge is 0.179 e. The van der Waals surface area contributed by atoms with Crippen LogP contribution in [0.2, 0.25) is 0 Å². The standard InChI is InChI=1S/C10H17N3/c1-12-5-2-3-9-7-13(8-11)6-4-10(9)12/h9-10H,2-7H2,1H3. The van der Waals surface area contributed by atoms with E-state index in [1.807, 2.05) is 4.90 Å². The Morgan fingerprint density at radius 1 is 1.31 bits per heavy atom. The molecule has 0 aromatic carbocycles. The number of rotatable bonds is 0. The van der Waals surface area contributed by atoms with Gasteiger partial charge in [0, 0.05) is 19.1 Å². The number of likely N-dealkylation sites (tertiary alicyclic amines) is 2. The summed E-state index contributed by atoms with van der Waals surface area (Å²) >= 11 is 0. The van der Waals surface area contributed by atoms with Crippen LogP contribution in [0, 0.1) is 17.4 Å². The molecule has 0 aromatic heterocycles. The maximum atomic E-state index is 8.81. The summed E-state index contributed by atoms with van der Waals surface area (Å²) in [5.41, 5.74) is 0. The molecule has 0 bridgehead atoms. The van der Waals surface area contributed by atoms with E-state index in [4.69, 9.17) is 5.26 Å². The van der Waals surface area contributed by atoms with Crippen molar-refractivity contribution in [2.75, 3.05) is 26.7 Å². The van der Waals surface area contributed by atoms with E-state index < -0.39 is 0 Å². The van der Waals surface area contributed by atoms with Gasteiger partial charge in [0.15, 0.2) is 6.19 Å². The third-order valence-electron chi connectivity index (χ3n) is 3.49. The van der Waals surface area contributed by atoms with Crippen LogP contribution in [0.15, 0.2) is 0 Å².